The SMILES string of the molecule is Fc1ccc(/C=C\Sc2ccccc2)cc1. The summed E-state index contributed by atoms with van der Waals surface area (Å²) < 4.78 is 12.6. The first-order valence-corrected chi connectivity index (χ1v) is 5.86. The van der Waals surface area contributed by atoms with E-state index in [2.05, 4.69) is 12.1 Å². The third kappa shape index (κ3) is 3.24. The smallest absolute Gasteiger partial charge is 0.123 e. The van der Waals surface area contributed by atoms with Crippen molar-refractivity contribution < 1.29 is 4.39 Å². The average molecular weight is 230 g/mol. The molecule has 0 radical (unpaired) electrons. The van der Waals surface area contributed by atoms with Crippen molar-refractivity contribution in [3.63, 3.8) is 0 Å². The van der Waals surface area contributed by atoms with Crippen LogP contribution in [-0.4, -0.2) is 0 Å². The molecular weight excluding hydrogens is 219 g/mol. The lowest BCUT2D eigenvalue weighted by atomic mass is 10.2. The monoisotopic (exact) mass is 230 g/mol. The van der Waals surface area contributed by atoms with Crippen molar-refractivity contribution in [1.82, 2.24) is 0 Å². The lowest BCUT2D eigenvalue weighted by Gasteiger charge is -1.95. The van der Waals surface area contributed by atoms with Crippen molar-refractivity contribution in [2.75, 3.05) is 0 Å². The molecule has 0 heterocycles. The fourth-order valence-electron chi connectivity index (χ4n) is 1.26. The fourth-order valence-corrected chi connectivity index (χ4v) is 1.96. The zero-order valence-corrected chi connectivity index (χ0v) is 9.45. The molecule has 0 unspecified atom stereocenters. The lowest BCUT2D eigenvalue weighted by molar-refractivity contribution is 0.628. The van der Waals surface area contributed by atoms with E-state index < -0.39 is 0 Å². The van der Waals surface area contributed by atoms with Crippen molar-refractivity contribution in [3.05, 3.63) is 71.4 Å². The molecule has 2 aromatic rings. The minimum atomic E-state index is -0.201. The summed E-state index contributed by atoms with van der Waals surface area (Å²) in [6.45, 7) is 0. The minimum absolute atomic E-state index is 0.201. The van der Waals surface area contributed by atoms with Crippen LogP contribution in [0.4, 0.5) is 4.39 Å². The van der Waals surface area contributed by atoms with Crippen LogP contribution in [0.25, 0.3) is 6.08 Å². The van der Waals surface area contributed by atoms with Gasteiger partial charge in [-0.05, 0) is 41.3 Å². The summed E-state index contributed by atoms with van der Waals surface area (Å²) in [6.07, 6.45) is 1.97. The summed E-state index contributed by atoms with van der Waals surface area (Å²) in [7, 11) is 0. The highest BCUT2D eigenvalue weighted by Crippen LogP contribution is 2.19. The Bertz CT molecular complexity index is 460. The summed E-state index contributed by atoms with van der Waals surface area (Å²) in [5.41, 5.74) is 1.00. The molecule has 0 nitrogen and oxygen atoms in total. The minimum Gasteiger partial charge on any atom is -0.207 e. The summed E-state index contributed by atoms with van der Waals surface area (Å²) in [4.78, 5) is 1.20. The Morgan fingerprint density at radius 3 is 2.25 bits per heavy atom. The van der Waals surface area contributed by atoms with E-state index in [0.717, 1.165) is 5.56 Å². The molecule has 16 heavy (non-hydrogen) atoms. The van der Waals surface area contributed by atoms with Gasteiger partial charge in [0.1, 0.15) is 5.82 Å². The van der Waals surface area contributed by atoms with Crippen LogP contribution in [0.15, 0.2) is 64.9 Å². The predicted molar refractivity (Wildman–Crippen MR) is 67.7 cm³/mol. The topological polar surface area (TPSA) is 0 Å². The van der Waals surface area contributed by atoms with Crippen molar-refractivity contribution in [2.24, 2.45) is 0 Å². The van der Waals surface area contributed by atoms with Crippen LogP contribution in [0.5, 0.6) is 0 Å². The Hall–Kier alpha value is -1.54. The van der Waals surface area contributed by atoms with Crippen LogP contribution in [0, 0.1) is 5.82 Å². The van der Waals surface area contributed by atoms with Crippen molar-refractivity contribution in [1.29, 1.82) is 0 Å². The van der Waals surface area contributed by atoms with Gasteiger partial charge < -0.3 is 0 Å². The lowest BCUT2D eigenvalue weighted by Crippen LogP contribution is -1.73. The maximum absolute atomic E-state index is 12.6. The highest BCUT2D eigenvalue weighted by Gasteiger charge is 1.89. The van der Waals surface area contributed by atoms with Crippen LogP contribution in [0.2, 0.25) is 0 Å². The third-order valence-corrected chi connectivity index (χ3v) is 2.89. The molecule has 0 saturated carbocycles. The second-order valence-corrected chi connectivity index (χ2v) is 4.26. The molecule has 0 spiro atoms. The molecule has 0 aliphatic heterocycles. The standard InChI is InChI=1S/C14H11FS/c15-13-8-6-12(7-9-13)10-11-16-14-4-2-1-3-5-14/h1-11H/b11-10-. The van der Waals surface area contributed by atoms with Crippen LogP contribution in [0.1, 0.15) is 5.56 Å². The van der Waals surface area contributed by atoms with E-state index in [9.17, 15) is 4.39 Å². The molecule has 2 heteroatoms. The molecular formula is C14H11FS. The van der Waals surface area contributed by atoms with Crippen molar-refractivity contribution in [2.45, 2.75) is 4.90 Å². The van der Waals surface area contributed by atoms with E-state index >= 15 is 0 Å². The normalized spacial score (nSPS) is 10.8. The second-order valence-electron chi connectivity index (χ2n) is 3.29. The van der Waals surface area contributed by atoms with Crippen LogP contribution >= 0.6 is 11.8 Å². The van der Waals surface area contributed by atoms with Gasteiger partial charge in [0, 0.05) is 4.90 Å². The maximum atomic E-state index is 12.6. The summed E-state index contributed by atoms with van der Waals surface area (Å²) in [6, 6.07) is 16.6. The summed E-state index contributed by atoms with van der Waals surface area (Å²) in [5.74, 6) is -0.201. The number of hydrogen-bond donors (Lipinski definition) is 0. The van der Waals surface area contributed by atoms with Crippen LogP contribution in [-0.2, 0) is 0 Å². The van der Waals surface area contributed by atoms with Gasteiger partial charge in [-0.15, -0.1) is 0 Å². The Morgan fingerprint density at radius 2 is 1.56 bits per heavy atom. The van der Waals surface area contributed by atoms with Gasteiger partial charge in [-0.1, -0.05) is 42.1 Å². The van der Waals surface area contributed by atoms with E-state index in [4.69, 9.17) is 0 Å². The molecule has 2 aromatic carbocycles. The van der Waals surface area contributed by atoms with Crippen molar-refractivity contribution >= 4 is 17.8 Å². The van der Waals surface area contributed by atoms with E-state index in [1.807, 2.05) is 29.7 Å². The Labute approximate surface area is 98.8 Å². The zero-order valence-electron chi connectivity index (χ0n) is 8.64. The number of halogens is 1. The molecule has 0 aliphatic rings. The number of thioether (sulfide) groups is 1. The first kappa shape index (κ1) is 11.0. The maximum Gasteiger partial charge on any atom is 0.123 e. The van der Waals surface area contributed by atoms with E-state index in [1.165, 1.54) is 17.0 Å². The number of rotatable bonds is 3. The first-order valence-electron chi connectivity index (χ1n) is 4.98. The van der Waals surface area contributed by atoms with Gasteiger partial charge in [0.25, 0.3) is 0 Å². The van der Waals surface area contributed by atoms with Gasteiger partial charge in [-0.3, -0.25) is 0 Å². The molecule has 0 atom stereocenters. The second kappa shape index (κ2) is 5.52. The molecule has 0 aliphatic carbocycles. The molecule has 0 saturated heterocycles. The third-order valence-electron chi connectivity index (χ3n) is 2.08. The van der Waals surface area contributed by atoms with Crippen LogP contribution < -0.4 is 0 Å². The molecule has 2 rings (SSSR count). The fraction of sp³-hybridized carbons (Fsp3) is 0. The predicted octanol–water partition coefficient (Wildman–Crippen LogP) is 4.59. The highest BCUT2D eigenvalue weighted by molar-refractivity contribution is 8.02. The van der Waals surface area contributed by atoms with Crippen molar-refractivity contribution in [3.8, 4) is 0 Å². The van der Waals surface area contributed by atoms with Gasteiger partial charge in [0.15, 0.2) is 0 Å². The molecule has 0 aromatic heterocycles. The zero-order chi connectivity index (χ0) is 11.2. The molecule has 0 fully saturated rings. The number of benzene rings is 2. The molecule has 0 N–H and O–H groups in total. The van der Waals surface area contributed by atoms with E-state index in [1.54, 1.807) is 23.9 Å². The molecule has 0 amide bonds. The quantitative estimate of drug-likeness (QED) is 0.695. The van der Waals surface area contributed by atoms with Gasteiger partial charge in [-0.25, -0.2) is 4.39 Å². The Kier molecular flexibility index (Phi) is 3.78. The number of hydrogen-bond acceptors (Lipinski definition) is 1. The van der Waals surface area contributed by atoms with Gasteiger partial charge in [0.05, 0.1) is 0 Å². The highest BCUT2D eigenvalue weighted by atomic mass is 32.2. The van der Waals surface area contributed by atoms with Gasteiger partial charge >= 0.3 is 0 Å². The Morgan fingerprint density at radius 1 is 0.875 bits per heavy atom. The average Bonchev–Trinajstić information content (AvgIpc) is 2.33. The van der Waals surface area contributed by atoms with Gasteiger partial charge in [0.2, 0.25) is 0 Å². The largest absolute Gasteiger partial charge is 0.207 e. The summed E-state index contributed by atoms with van der Waals surface area (Å²) >= 11 is 1.65. The van der Waals surface area contributed by atoms with Gasteiger partial charge in [-0.2, -0.15) is 0 Å². The first-order chi connectivity index (χ1) is 7.84. The van der Waals surface area contributed by atoms with E-state index in [-0.39, 0.29) is 5.82 Å². The summed E-state index contributed by atoms with van der Waals surface area (Å²) in [5, 5.41) is 2.00. The Balaban J connectivity index is 1.98. The van der Waals surface area contributed by atoms with Crippen LogP contribution in [0.3, 0.4) is 0 Å². The molecule has 80 valence electrons. The van der Waals surface area contributed by atoms with E-state index in [0.29, 0.717) is 0 Å². The molecule has 0 bridgehead atoms.